The lowest BCUT2D eigenvalue weighted by Gasteiger charge is -2.24. The fraction of sp³-hybridized carbons (Fsp3) is 0.429. The van der Waals surface area contributed by atoms with E-state index in [-0.39, 0.29) is 13.0 Å². The number of benzene rings is 1. The number of carbonyl (C=O) groups excluding carboxylic acids is 1. The van der Waals surface area contributed by atoms with Crippen molar-refractivity contribution >= 4 is 23.5 Å². The van der Waals surface area contributed by atoms with Crippen LogP contribution >= 0.6 is 11.6 Å². The maximum atomic E-state index is 11.7. The molecular weight excluding hydrogens is 282 g/mol. The Labute approximate surface area is 122 Å². The molecule has 20 heavy (non-hydrogen) atoms. The third kappa shape index (κ3) is 5.48. The second-order valence-electron chi connectivity index (χ2n) is 5.23. The lowest BCUT2D eigenvalue weighted by molar-refractivity contribution is -0.138. The van der Waals surface area contributed by atoms with Gasteiger partial charge in [-0.15, -0.1) is 0 Å². The molecule has 0 aromatic heterocycles. The Morgan fingerprint density at radius 2 is 2.05 bits per heavy atom. The molecule has 0 saturated heterocycles. The van der Waals surface area contributed by atoms with Crippen LogP contribution in [0.4, 0.5) is 0 Å². The summed E-state index contributed by atoms with van der Waals surface area (Å²) < 4.78 is 5.34. The van der Waals surface area contributed by atoms with Gasteiger partial charge in [0.05, 0.1) is 11.4 Å². The van der Waals surface area contributed by atoms with Crippen LogP contribution < -0.4 is 10.1 Å². The second-order valence-corrected chi connectivity index (χ2v) is 5.63. The summed E-state index contributed by atoms with van der Waals surface area (Å²) in [4.78, 5) is 22.4. The van der Waals surface area contributed by atoms with E-state index < -0.39 is 17.4 Å². The number of carbonyl (C=O) groups is 2. The quantitative estimate of drug-likeness (QED) is 0.846. The van der Waals surface area contributed by atoms with Crippen molar-refractivity contribution in [2.45, 2.75) is 32.7 Å². The van der Waals surface area contributed by atoms with Crippen LogP contribution in [-0.4, -0.2) is 29.1 Å². The summed E-state index contributed by atoms with van der Waals surface area (Å²) in [5, 5.41) is 11.8. The molecule has 0 aliphatic heterocycles. The SMILES string of the molecule is Cc1ccc(Cl)c(OCC(=O)NC(C)(C)CC(=O)O)c1. The van der Waals surface area contributed by atoms with E-state index in [1.165, 1.54) is 0 Å². The smallest absolute Gasteiger partial charge is 0.305 e. The van der Waals surface area contributed by atoms with E-state index in [2.05, 4.69) is 5.32 Å². The first kappa shape index (κ1) is 16.3. The zero-order valence-corrected chi connectivity index (χ0v) is 12.5. The second kappa shape index (κ2) is 6.61. The number of nitrogens with one attached hydrogen (secondary N) is 1. The van der Waals surface area contributed by atoms with Gasteiger partial charge in [0, 0.05) is 5.54 Å². The Bertz CT molecular complexity index is 514. The minimum atomic E-state index is -0.974. The highest BCUT2D eigenvalue weighted by Crippen LogP contribution is 2.25. The highest BCUT2D eigenvalue weighted by atomic mass is 35.5. The number of carboxylic acids is 1. The number of carboxylic acid groups (broad SMARTS) is 1. The van der Waals surface area contributed by atoms with Crippen molar-refractivity contribution in [3.63, 3.8) is 0 Å². The number of halogens is 1. The maximum Gasteiger partial charge on any atom is 0.305 e. The molecule has 0 bridgehead atoms. The molecule has 1 rings (SSSR count). The van der Waals surface area contributed by atoms with Crippen LogP contribution in [0.2, 0.25) is 5.02 Å². The van der Waals surface area contributed by atoms with E-state index in [0.29, 0.717) is 10.8 Å². The van der Waals surface area contributed by atoms with Gasteiger partial charge in [0.2, 0.25) is 0 Å². The minimum absolute atomic E-state index is 0.163. The Hall–Kier alpha value is -1.75. The molecule has 0 aliphatic rings. The number of hydrogen-bond acceptors (Lipinski definition) is 3. The molecule has 5 nitrogen and oxygen atoms in total. The first-order chi connectivity index (χ1) is 9.19. The van der Waals surface area contributed by atoms with Gasteiger partial charge in [0.25, 0.3) is 5.91 Å². The number of aliphatic carboxylic acids is 1. The number of aryl methyl sites for hydroxylation is 1. The van der Waals surface area contributed by atoms with Gasteiger partial charge >= 0.3 is 5.97 Å². The van der Waals surface area contributed by atoms with Crippen LogP contribution in [0.5, 0.6) is 5.75 Å². The van der Waals surface area contributed by atoms with Crippen molar-refractivity contribution in [2.24, 2.45) is 0 Å². The minimum Gasteiger partial charge on any atom is -0.482 e. The molecule has 0 atom stereocenters. The molecule has 0 fully saturated rings. The van der Waals surface area contributed by atoms with Crippen LogP contribution in [0.3, 0.4) is 0 Å². The molecule has 0 aliphatic carbocycles. The van der Waals surface area contributed by atoms with Gasteiger partial charge in [-0.25, -0.2) is 0 Å². The highest BCUT2D eigenvalue weighted by molar-refractivity contribution is 6.32. The van der Waals surface area contributed by atoms with Gasteiger partial charge in [-0.05, 0) is 38.5 Å². The Morgan fingerprint density at radius 3 is 2.65 bits per heavy atom. The molecule has 1 aromatic carbocycles. The Morgan fingerprint density at radius 1 is 1.40 bits per heavy atom. The van der Waals surface area contributed by atoms with Gasteiger partial charge in [0.15, 0.2) is 6.61 Å². The van der Waals surface area contributed by atoms with Crippen molar-refractivity contribution < 1.29 is 19.4 Å². The maximum absolute atomic E-state index is 11.7. The van der Waals surface area contributed by atoms with Gasteiger partial charge < -0.3 is 15.2 Å². The van der Waals surface area contributed by atoms with E-state index in [0.717, 1.165) is 5.56 Å². The van der Waals surface area contributed by atoms with E-state index in [1.54, 1.807) is 26.0 Å². The fourth-order valence-electron chi connectivity index (χ4n) is 1.70. The summed E-state index contributed by atoms with van der Waals surface area (Å²) in [5.74, 6) is -0.940. The zero-order chi connectivity index (χ0) is 15.3. The molecule has 6 heteroatoms. The van der Waals surface area contributed by atoms with Crippen molar-refractivity contribution in [3.05, 3.63) is 28.8 Å². The molecule has 110 valence electrons. The molecule has 2 N–H and O–H groups in total. The van der Waals surface area contributed by atoms with Crippen molar-refractivity contribution in [1.29, 1.82) is 0 Å². The Balaban J connectivity index is 2.55. The lowest BCUT2D eigenvalue weighted by Crippen LogP contribution is -2.46. The van der Waals surface area contributed by atoms with Gasteiger partial charge in [-0.2, -0.15) is 0 Å². The van der Waals surface area contributed by atoms with Crippen LogP contribution in [-0.2, 0) is 9.59 Å². The van der Waals surface area contributed by atoms with Crippen molar-refractivity contribution in [3.8, 4) is 5.75 Å². The average molecular weight is 300 g/mol. The molecular formula is C14H18ClNO4. The summed E-state index contributed by atoms with van der Waals surface area (Å²) >= 11 is 5.95. The van der Waals surface area contributed by atoms with Gasteiger partial charge in [-0.3, -0.25) is 9.59 Å². The van der Waals surface area contributed by atoms with Crippen molar-refractivity contribution in [1.82, 2.24) is 5.32 Å². The summed E-state index contributed by atoms with van der Waals surface area (Å²) in [5.41, 5.74) is 0.138. The molecule has 0 spiro atoms. The highest BCUT2D eigenvalue weighted by Gasteiger charge is 2.24. The lowest BCUT2D eigenvalue weighted by atomic mass is 10.0. The summed E-state index contributed by atoms with van der Waals surface area (Å²) in [6, 6.07) is 5.27. The predicted octanol–water partition coefficient (Wildman–Crippen LogP) is 2.40. The average Bonchev–Trinajstić information content (AvgIpc) is 2.27. The third-order valence-corrected chi connectivity index (χ3v) is 2.83. The van der Waals surface area contributed by atoms with E-state index >= 15 is 0 Å². The summed E-state index contributed by atoms with van der Waals surface area (Å²) in [6.45, 7) is 4.95. The van der Waals surface area contributed by atoms with Gasteiger partial charge in [0.1, 0.15) is 5.75 Å². The van der Waals surface area contributed by atoms with E-state index in [1.807, 2.05) is 13.0 Å². The molecule has 0 unspecified atom stereocenters. The standard InChI is InChI=1S/C14H18ClNO4/c1-9-4-5-10(15)11(6-9)20-8-12(17)16-14(2,3)7-13(18)19/h4-6H,7-8H2,1-3H3,(H,16,17)(H,18,19). The molecule has 1 amide bonds. The Kier molecular flexibility index (Phi) is 5.39. The first-order valence-electron chi connectivity index (χ1n) is 6.11. The van der Waals surface area contributed by atoms with Crippen LogP contribution in [0, 0.1) is 6.92 Å². The zero-order valence-electron chi connectivity index (χ0n) is 11.7. The largest absolute Gasteiger partial charge is 0.482 e. The van der Waals surface area contributed by atoms with E-state index in [9.17, 15) is 9.59 Å². The summed E-state index contributed by atoms with van der Waals surface area (Å²) in [7, 11) is 0. The summed E-state index contributed by atoms with van der Waals surface area (Å²) in [6.07, 6.45) is -0.163. The number of hydrogen-bond donors (Lipinski definition) is 2. The third-order valence-electron chi connectivity index (χ3n) is 2.52. The van der Waals surface area contributed by atoms with Crippen LogP contribution in [0.1, 0.15) is 25.8 Å². The topological polar surface area (TPSA) is 75.6 Å². The van der Waals surface area contributed by atoms with Crippen LogP contribution in [0.15, 0.2) is 18.2 Å². The number of ether oxygens (including phenoxy) is 1. The predicted molar refractivity (Wildman–Crippen MR) is 76.2 cm³/mol. The fourth-order valence-corrected chi connectivity index (χ4v) is 1.87. The molecule has 1 aromatic rings. The normalized spacial score (nSPS) is 11.0. The van der Waals surface area contributed by atoms with E-state index in [4.69, 9.17) is 21.4 Å². The number of rotatable bonds is 6. The monoisotopic (exact) mass is 299 g/mol. The van der Waals surface area contributed by atoms with Crippen molar-refractivity contribution in [2.75, 3.05) is 6.61 Å². The molecule has 0 radical (unpaired) electrons. The van der Waals surface area contributed by atoms with Gasteiger partial charge in [-0.1, -0.05) is 17.7 Å². The number of amides is 1. The van der Waals surface area contributed by atoms with Crippen LogP contribution in [0.25, 0.3) is 0 Å². The molecule has 0 saturated carbocycles. The first-order valence-corrected chi connectivity index (χ1v) is 6.49. The molecule has 0 heterocycles.